The number of carbonyl (C=O) groups is 1. The van der Waals surface area contributed by atoms with Gasteiger partial charge in [-0.3, -0.25) is 4.79 Å². The fraction of sp³-hybridized carbons (Fsp3) is 0.438. The van der Waals surface area contributed by atoms with Crippen LogP contribution in [0.25, 0.3) is 0 Å². The zero-order valence-electron chi connectivity index (χ0n) is 13.3. The topological polar surface area (TPSA) is 91.5 Å². The Balaban J connectivity index is 1.63. The summed E-state index contributed by atoms with van der Waals surface area (Å²) in [5.41, 5.74) is -0.867. The Labute approximate surface area is 138 Å². The fourth-order valence-corrected chi connectivity index (χ4v) is 2.86. The molecule has 24 heavy (non-hydrogen) atoms. The number of anilines is 1. The first kappa shape index (κ1) is 16.4. The Morgan fingerprint density at radius 2 is 2.33 bits per heavy atom. The first-order valence-corrected chi connectivity index (χ1v) is 7.74. The molecule has 128 valence electrons. The van der Waals surface area contributed by atoms with Crippen LogP contribution in [0.1, 0.15) is 29.1 Å². The van der Waals surface area contributed by atoms with Crippen LogP contribution in [0.15, 0.2) is 29.1 Å². The van der Waals surface area contributed by atoms with Gasteiger partial charge in [0, 0.05) is 19.6 Å². The molecule has 2 N–H and O–H groups in total. The molecule has 1 aliphatic heterocycles. The van der Waals surface area contributed by atoms with Gasteiger partial charge in [-0.25, -0.2) is 14.4 Å². The van der Waals surface area contributed by atoms with Crippen LogP contribution >= 0.6 is 0 Å². The molecule has 0 saturated carbocycles. The van der Waals surface area contributed by atoms with Gasteiger partial charge < -0.3 is 19.7 Å². The van der Waals surface area contributed by atoms with E-state index >= 15 is 0 Å². The molecular weight excluding hydrogens is 315 g/mol. The predicted molar refractivity (Wildman–Crippen MR) is 84.2 cm³/mol. The van der Waals surface area contributed by atoms with Crippen LogP contribution in [-0.4, -0.2) is 46.2 Å². The molecule has 3 rings (SSSR count). The second kappa shape index (κ2) is 6.56. The number of nitrogens with one attached hydrogen (secondary N) is 1. The molecule has 1 fully saturated rings. The van der Waals surface area contributed by atoms with E-state index in [2.05, 4.69) is 15.3 Å². The number of β-amino-alcohol motifs (C(OH)–C–C–N with tert-alkyl or cyclic N) is 1. The van der Waals surface area contributed by atoms with Crippen LogP contribution < -0.4 is 10.2 Å². The van der Waals surface area contributed by atoms with E-state index in [1.54, 1.807) is 13.0 Å². The smallest absolute Gasteiger partial charge is 0.273 e. The summed E-state index contributed by atoms with van der Waals surface area (Å²) in [7, 11) is 0. The van der Waals surface area contributed by atoms with Gasteiger partial charge in [0.05, 0.1) is 11.8 Å². The normalized spacial score (nSPS) is 20.9. The van der Waals surface area contributed by atoms with Crippen molar-refractivity contribution in [2.45, 2.75) is 25.4 Å². The van der Waals surface area contributed by atoms with Gasteiger partial charge in [0.15, 0.2) is 12.1 Å². The molecule has 1 amide bonds. The lowest BCUT2D eigenvalue weighted by Crippen LogP contribution is -2.54. The maximum atomic E-state index is 13.0. The van der Waals surface area contributed by atoms with Crippen LogP contribution in [0, 0.1) is 12.7 Å². The average Bonchev–Trinajstić information content (AvgIpc) is 3.00. The summed E-state index contributed by atoms with van der Waals surface area (Å²) in [4.78, 5) is 21.9. The molecule has 7 nitrogen and oxygen atoms in total. The molecule has 8 heteroatoms. The van der Waals surface area contributed by atoms with E-state index in [9.17, 15) is 14.3 Å². The third kappa shape index (κ3) is 3.53. The number of aryl methyl sites for hydroxylation is 1. The lowest BCUT2D eigenvalue weighted by atomic mass is 9.92. The molecule has 0 aliphatic carbocycles. The number of rotatable bonds is 4. The van der Waals surface area contributed by atoms with Crippen molar-refractivity contribution in [1.29, 1.82) is 0 Å². The summed E-state index contributed by atoms with van der Waals surface area (Å²) in [5, 5.41) is 13.5. The number of aliphatic hydroxyl groups is 1. The van der Waals surface area contributed by atoms with Crippen LogP contribution in [0.3, 0.4) is 0 Å². The number of oxazole rings is 1. The van der Waals surface area contributed by atoms with Gasteiger partial charge in [0.1, 0.15) is 17.4 Å². The summed E-state index contributed by atoms with van der Waals surface area (Å²) in [5.74, 6) is 0.251. The lowest BCUT2D eigenvalue weighted by molar-refractivity contribution is 0.0253. The highest BCUT2D eigenvalue weighted by molar-refractivity contribution is 5.93. The van der Waals surface area contributed by atoms with E-state index in [0.717, 1.165) is 19.2 Å². The number of nitrogens with zero attached hydrogens (tertiary/aromatic N) is 3. The van der Waals surface area contributed by atoms with Gasteiger partial charge in [-0.2, -0.15) is 0 Å². The molecule has 1 atom stereocenters. The number of pyridine rings is 1. The van der Waals surface area contributed by atoms with Crippen molar-refractivity contribution in [1.82, 2.24) is 15.3 Å². The third-order valence-electron chi connectivity index (χ3n) is 4.13. The monoisotopic (exact) mass is 334 g/mol. The van der Waals surface area contributed by atoms with Gasteiger partial charge in [-0.05, 0) is 31.9 Å². The van der Waals surface area contributed by atoms with E-state index < -0.39 is 11.4 Å². The number of hydrogen-bond acceptors (Lipinski definition) is 6. The van der Waals surface area contributed by atoms with Crippen molar-refractivity contribution in [2.75, 3.05) is 24.5 Å². The van der Waals surface area contributed by atoms with Gasteiger partial charge in [0.25, 0.3) is 5.91 Å². The summed E-state index contributed by atoms with van der Waals surface area (Å²) >= 11 is 0. The van der Waals surface area contributed by atoms with Gasteiger partial charge in [-0.15, -0.1) is 0 Å². The molecule has 1 aliphatic rings. The van der Waals surface area contributed by atoms with E-state index in [1.165, 1.54) is 12.5 Å². The zero-order valence-corrected chi connectivity index (χ0v) is 13.3. The van der Waals surface area contributed by atoms with Crippen LogP contribution in [0.5, 0.6) is 0 Å². The van der Waals surface area contributed by atoms with Crippen molar-refractivity contribution in [3.05, 3.63) is 42.0 Å². The second-order valence-electron chi connectivity index (χ2n) is 6.02. The molecule has 0 bridgehead atoms. The zero-order chi connectivity index (χ0) is 17.2. The third-order valence-corrected chi connectivity index (χ3v) is 4.13. The number of aromatic nitrogens is 2. The maximum Gasteiger partial charge on any atom is 0.273 e. The van der Waals surface area contributed by atoms with Gasteiger partial charge in [0.2, 0.25) is 0 Å². The molecule has 0 spiro atoms. The Bertz CT molecular complexity index is 718. The number of halogens is 1. The number of piperidine rings is 1. The first-order chi connectivity index (χ1) is 11.5. The molecule has 0 aromatic carbocycles. The number of carbonyl (C=O) groups excluding carboxylic acids is 1. The highest BCUT2D eigenvalue weighted by Gasteiger charge is 2.34. The largest absolute Gasteiger partial charge is 0.448 e. The SMILES string of the molecule is Cc1ocnc1C(=O)NC[C@]1(O)CCCN(c2ccc(F)cn2)C1. The Morgan fingerprint density at radius 3 is 3.00 bits per heavy atom. The predicted octanol–water partition coefficient (Wildman–Crippen LogP) is 1.28. The minimum Gasteiger partial charge on any atom is -0.448 e. The molecule has 1 saturated heterocycles. The number of hydrogen-bond donors (Lipinski definition) is 2. The molecular formula is C16H19FN4O3. The second-order valence-corrected chi connectivity index (χ2v) is 6.02. The summed E-state index contributed by atoms with van der Waals surface area (Å²) in [6, 6.07) is 2.92. The van der Waals surface area contributed by atoms with E-state index in [4.69, 9.17) is 4.42 Å². The van der Waals surface area contributed by atoms with Gasteiger partial charge >= 0.3 is 0 Å². The lowest BCUT2D eigenvalue weighted by Gasteiger charge is -2.39. The molecule has 0 radical (unpaired) electrons. The van der Waals surface area contributed by atoms with Crippen LogP contribution in [0.2, 0.25) is 0 Å². The quantitative estimate of drug-likeness (QED) is 0.875. The molecule has 0 unspecified atom stereocenters. The van der Waals surface area contributed by atoms with Crippen molar-refractivity contribution in [2.24, 2.45) is 0 Å². The van der Waals surface area contributed by atoms with Crippen LogP contribution in [-0.2, 0) is 0 Å². The maximum absolute atomic E-state index is 13.0. The molecule has 3 heterocycles. The Morgan fingerprint density at radius 1 is 1.50 bits per heavy atom. The van der Waals surface area contributed by atoms with E-state index in [-0.39, 0.29) is 18.1 Å². The standard InChI is InChI=1S/C16H19FN4O3/c1-11-14(20-10-24-11)15(22)19-8-16(23)5-2-6-21(9-16)13-4-3-12(17)7-18-13/h3-4,7,10,23H,2,5-6,8-9H2,1H3,(H,19,22)/t16-/m1/s1. The van der Waals surface area contributed by atoms with Crippen molar-refractivity contribution >= 4 is 11.7 Å². The van der Waals surface area contributed by atoms with Crippen LogP contribution in [0.4, 0.5) is 10.2 Å². The van der Waals surface area contributed by atoms with E-state index in [1.807, 2.05) is 4.90 Å². The molecule has 2 aromatic rings. The Hall–Kier alpha value is -2.48. The van der Waals surface area contributed by atoms with Crippen molar-refractivity contribution < 1.29 is 18.7 Å². The first-order valence-electron chi connectivity index (χ1n) is 7.74. The van der Waals surface area contributed by atoms with Crippen molar-refractivity contribution in [3.8, 4) is 0 Å². The molecule has 2 aromatic heterocycles. The Kier molecular flexibility index (Phi) is 4.48. The summed E-state index contributed by atoms with van der Waals surface area (Å²) in [6.45, 7) is 2.77. The summed E-state index contributed by atoms with van der Waals surface area (Å²) in [6.07, 6.45) is 3.66. The minimum atomic E-state index is -1.08. The average molecular weight is 334 g/mol. The van der Waals surface area contributed by atoms with E-state index in [0.29, 0.717) is 24.5 Å². The highest BCUT2D eigenvalue weighted by atomic mass is 19.1. The highest BCUT2D eigenvalue weighted by Crippen LogP contribution is 2.24. The summed E-state index contributed by atoms with van der Waals surface area (Å²) < 4.78 is 18.0. The van der Waals surface area contributed by atoms with Gasteiger partial charge in [-0.1, -0.05) is 0 Å². The minimum absolute atomic E-state index is 0.0931. The number of amides is 1. The van der Waals surface area contributed by atoms with Crippen molar-refractivity contribution in [3.63, 3.8) is 0 Å². The fourth-order valence-electron chi connectivity index (χ4n) is 2.86.